The van der Waals surface area contributed by atoms with Gasteiger partial charge in [0.1, 0.15) is 11.6 Å². The number of H-pyrrole nitrogens is 1. The van der Waals surface area contributed by atoms with Crippen LogP contribution in [0.1, 0.15) is 24.3 Å². The molecule has 0 aliphatic carbocycles. The molecule has 0 fully saturated rings. The van der Waals surface area contributed by atoms with Crippen LogP contribution < -0.4 is 10.4 Å². The molecule has 1 aliphatic heterocycles. The first kappa shape index (κ1) is 21.4. The number of hydrogen-bond donors (Lipinski definition) is 3. The van der Waals surface area contributed by atoms with Gasteiger partial charge in [0, 0.05) is 40.6 Å². The predicted octanol–water partition coefficient (Wildman–Crippen LogP) is 6.03. The molecule has 2 aromatic heterocycles. The van der Waals surface area contributed by atoms with Crippen LogP contribution in [0.15, 0.2) is 48.0 Å². The highest BCUT2D eigenvalue weighted by Crippen LogP contribution is 2.43. The van der Waals surface area contributed by atoms with Gasteiger partial charge < -0.3 is 10.1 Å². The number of hydrazine groups is 1. The van der Waals surface area contributed by atoms with E-state index in [4.69, 9.17) is 11.6 Å². The van der Waals surface area contributed by atoms with Crippen LogP contribution in [0.2, 0.25) is 5.02 Å². The third-order valence-electron chi connectivity index (χ3n) is 6.25. The van der Waals surface area contributed by atoms with E-state index in [-0.39, 0.29) is 17.5 Å². The number of nitrogens with zero attached hydrogens (tertiary/aromatic N) is 1. The lowest BCUT2D eigenvalue weighted by atomic mass is 9.83. The molecule has 166 valence electrons. The fourth-order valence-corrected chi connectivity index (χ4v) is 5.23. The molecule has 8 heteroatoms. The number of aromatic nitrogens is 1. The number of aliphatic hydroxyl groups is 1. The van der Waals surface area contributed by atoms with Crippen molar-refractivity contribution in [3.05, 3.63) is 75.1 Å². The number of thiophene rings is 1. The van der Waals surface area contributed by atoms with Crippen LogP contribution in [0.4, 0.5) is 14.5 Å². The summed E-state index contributed by atoms with van der Waals surface area (Å²) in [6.45, 7) is 4.19. The Morgan fingerprint density at radius 3 is 2.84 bits per heavy atom. The number of hydrogen-bond acceptors (Lipinski definition) is 4. The molecule has 0 bridgehead atoms. The molecule has 0 amide bonds. The summed E-state index contributed by atoms with van der Waals surface area (Å²) in [5.74, 6) is -1.34. The smallest absolute Gasteiger partial charge is 0.139 e. The zero-order chi connectivity index (χ0) is 22.6. The SMILES string of the molecule is CC1(C)[C@@H](O)Cc2c(cc(F)c(-c3cccc4c(Cl)c[nH]c34)c2F)N1NCc1cccs1. The van der Waals surface area contributed by atoms with Crippen molar-refractivity contribution in [1.29, 1.82) is 0 Å². The number of nitrogens with one attached hydrogen (secondary N) is 2. The van der Waals surface area contributed by atoms with Crippen molar-refractivity contribution < 1.29 is 13.9 Å². The molecule has 0 saturated heterocycles. The van der Waals surface area contributed by atoms with E-state index >= 15 is 8.78 Å². The largest absolute Gasteiger partial charge is 0.390 e. The number of benzene rings is 2. The first-order chi connectivity index (χ1) is 15.3. The quantitative estimate of drug-likeness (QED) is 0.339. The lowest BCUT2D eigenvalue weighted by Gasteiger charge is -2.48. The second kappa shape index (κ2) is 7.85. The minimum absolute atomic E-state index is 0.0834. The molecule has 1 atom stereocenters. The van der Waals surface area contributed by atoms with Crippen LogP contribution in [0, 0.1) is 11.6 Å². The zero-order valence-electron chi connectivity index (χ0n) is 17.5. The lowest BCUT2D eigenvalue weighted by molar-refractivity contribution is 0.0830. The van der Waals surface area contributed by atoms with Crippen LogP contribution in [-0.2, 0) is 13.0 Å². The molecule has 0 spiro atoms. The Labute approximate surface area is 193 Å². The normalized spacial score (nSPS) is 17.7. The van der Waals surface area contributed by atoms with E-state index in [0.29, 0.717) is 33.7 Å². The van der Waals surface area contributed by atoms with Crippen LogP contribution in [0.25, 0.3) is 22.0 Å². The van der Waals surface area contributed by atoms with E-state index in [0.717, 1.165) is 4.88 Å². The standard InChI is InChI=1S/C24H22ClF2N3OS/c1-24(2)20(31)9-16-19(30(24)29-11-13-5-4-8-32-13)10-18(26)21(22(16)27)15-7-3-6-14-17(25)12-28-23(14)15/h3-8,10,12,20,28-29,31H,9,11H2,1-2H3/t20-/m0/s1. The van der Waals surface area contributed by atoms with Crippen molar-refractivity contribution in [2.24, 2.45) is 0 Å². The van der Waals surface area contributed by atoms with E-state index in [1.165, 1.54) is 6.07 Å². The number of aliphatic hydroxyl groups excluding tert-OH is 1. The maximum Gasteiger partial charge on any atom is 0.139 e. The van der Waals surface area contributed by atoms with E-state index in [1.54, 1.807) is 40.7 Å². The molecule has 32 heavy (non-hydrogen) atoms. The predicted molar refractivity (Wildman–Crippen MR) is 126 cm³/mol. The minimum Gasteiger partial charge on any atom is -0.390 e. The fourth-order valence-electron chi connectivity index (χ4n) is 4.38. The van der Waals surface area contributed by atoms with Gasteiger partial charge >= 0.3 is 0 Å². The first-order valence-electron chi connectivity index (χ1n) is 10.3. The topological polar surface area (TPSA) is 51.3 Å². The van der Waals surface area contributed by atoms with Gasteiger partial charge in [-0.3, -0.25) is 5.01 Å². The van der Waals surface area contributed by atoms with Gasteiger partial charge in [0.15, 0.2) is 0 Å². The van der Waals surface area contributed by atoms with Gasteiger partial charge in [-0.25, -0.2) is 14.2 Å². The monoisotopic (exact) mass is 473 g/mol. The third kappa shape index (κ3) is 3.31. The summed E-state index contributed by atoms with van der Waals surface area (Å²) in [4.78, 5) is 4.10. The zero-order valence-corrected chi connectivity index (χ0v) is 19.1. The molecule has 0 radical (unpaired) electrons. The highest BCUT2D eigenvalue weighted by atomic mass is 35.5. The van der Waals surface area contributed by atoms with Crippen molar-refractivity contribution in [2.75, 3.05) is 5.01 Å². The van der Waals surface area contributed by atoms with E-state index < -0.39 is 23.3 Å². The van der Waals surface area contributed by atoms with Crippen molar-refractivity contribution in [2.45, 2.75) is 38.5 Å². The number of para-hydroxylation sites is 1. The molecule has 3 heterocycles. The Morgan fingerprint density at radius 2 is 2.09 bits per heavy atom. The summed E-state index contributed by atoms with van der Waals surface area (Å²) >= 11 is 7.80. The van der Waals surface area contributed by atoms with Crippen LogP contribution in [-0.4, -0.2) is 21.7 Å². The number of aromatic amines is 1. The Hall–Kier alpha value is -2.45. The number of anilines is 1. The molecule has 3 N–H and O–H groups in total. The summed E-state index contributed by atoms with van der Waals surface area (Å²) in [6.07, 6.45) is 0.835. The van der Waals surface area contributed by atoms with Gasteiger partial charge in [0.05, 0.1) is 33.4 Å². The highest BCUT2D eigenvalue weighted by Gasteiger charge is 2.42. The highest BCUT2D eigenvalue weighted by molar-refractivity contribution is 7.09. The Balaban J connectivity index is 1.65. The second-order valence-electron chi connectivity index (χ2n) is 8.53. The van der Waals surface area contributed by atoms with Gasteiger partial charge in [0.2, 0.25) is 0 Å². The molecule has 4 aromatic rings. The van der Waals surface area contributed by atoms with Gasteiger partial charge in [-0.05, 0) is 31.4 Å². The van der Waals surface area contributed by atoms with Gasteiger partial charge in [-0.15, -0.1) is 11.3 Å². The van der Waals surface area contributed by atoms with Crippen molar-refractivity contribution in [3.8, 4) is 11.1 Å². The Bertz CT molecular complexity index is 1300. The molecule has 1 aliphatic rings. The molecule has 5 rings (SSSR count). The fraction of sp³-hybridized carbons (Fsp3) is 0.250. The third-order valence-corrected chi connectivity index (χ3v) is 7.44. The van der Waals surface area contributed by atoms with Crippen LogP contribution in [0.3, 0.4) is 0 Å². The van der Waals surface area contributed by atoms with Crippen LogP contribution in [0.5, 0.6) is 0 Å². The maximum absolute atomic E-state index is 15.9. The molecular formula is C24H22ClF2N3OS. The summed E-state index contributed by atoms with van der Waals surface area (Å²) in [6, 6.07) is 10.5. The maximum atomic E-state index is 15.9. The molecule has 2 aromatic carbocycles. The summed E-state index contributed by atoms with van der Waals surface area (Å²) in [7, 11) is 0. The van der Waals surface area contributed by atoms with Crippen molar-refractivity contribution in [1.82, 2.24) is 10.4 Å². The molecule has 4 nitrogen and oxygen atoms in total. The molecular weight excluding hydrogens is 452 g/mol. The average molecular weight is 474 g/mol. The van der Waals surface area contributed by atoms with Gasteiger partial charge in [-0.2, -0.15) is 0 Å². The Morgan fingerprint density at radius 1 is 1.28 bits per heavy atom. The summed E-state index contributed by atoms with van der Waals surface area (Å²) in [5.41, 5.74) is 4.02. The molecule has 0 saturated carbocycles. The number of rotatable bonds is 4. The minimum atomic E-state index is -0.852. The Kier molecular flexibility index (Phi) is 5.25. The van der Waals surface area contributed by atoms with Crippen molar-refractivity contribution in [3.63, 3.8) is 0 Å². The van der Waals surface area contributed by atoms with E-state index in [2.05, 4.69) is 10.4 Å². The van der Waals surface area contributed by atoms with E-state index in [1.807, 2.05) is 31.4 Å². The van der Waals surface area contributed by atoms with Crippen LogP contribution >= 0.6 is 22.9 Å². The molecule has 0 unspecified atom stereocenters. The number of fused-ring (bicyclic) bond motifs is 2. The van der Waals surface area contributed by atoms with Crippen molar-refractivity contribution >= 4 is 39.5 Å². The first-order valence-corrected chi connectivity index (χ1v) is 11.6. The van der Waals surface area contributed by atoms with E-state index in [9.17, 15) is 5.11 Å². The second-order valence-corrected chi connectivity index (χ2v) is 9.97. The number of halogens is 3. The van der Waals surface area contributed by atoms with Gasteiger partial charge in [-0.1, -0.05) is 35.9 Å². The summed E-state index contributed by atoms with van der Waals surface area (Å²) in [5, 5.41) is 15.7. The lowest BCUT2D eigenvalue weighted by Crippen LogP contribution is -2.61. The summed E-state index contributed by atoms with van der Waals surface area (Å²) < 4.78 is 31.4. The van der Waals surface area contributed by atoms with Gasteiger partial charge in [0.25, 0.3) is 0 Å². The average Bonchev–Trinajstić information content (AvgIpc) is 3.40.